The number of carbonyl (C=O) groups excluding carboxylic acids is 1. The summed E-state index contributed by atoms with van der Waals surface area (Å²) in [5.41, 5.74) is 2.55. The maximum absolute atomic E-state index is 11.8. The van der Waals surface area contributed by atoms with E-state index in [0.29, 0.717) is 29.5 Å². The minimum Gasteiger partial charge on any atom is -0.462 e. The Morgan fingerprint density at radius 1 is 1.15 bits per heavy atom. The highest BCUT2D eigenvalue weighted by atomic mass is 16.5. The van der Waals surface area contributed by atoms with Gasteiger partial charge in [-0.05, 0) is 32.9 Å². The third-order valence-electron chi connectivity index (χ3n) is 2.78. The number of anilines is 2. The van der Waals surface area contributed by atoms with Crippen LogP contribution in [-0.4, -0.2) is 22.5 Å². The quantitative estimate of drug-likeness (QED) is 0.866. The highest BCUT2D eigenvalue weighted by Crippen LogP contribution is 2.17. The Labute approximate surface area is 118 Å². The van der Waals surface area contributed by atoms with Crippen molar-refractivity contribution in [2.75, 3.05) is 11.9 Å². The minimum absolute atomic E-state index is 0.335. The number of rotatable bonds is 4. The highest BCUT2D eigenvalue weighted by molar-refractivity contribution is 5.91. The SMILES string of the molecule is CCOC(=O)c1c(C)nc(Nc2ccccc2)nc1C. The predicted molar refractivity (Wildman–Crippen MR) is 77.2 cm³/mol. The second kappa shape index (κ2) is 6.14. The number of ether oxygens (including phenoxy) is 1. The summed E-state index contributed by atoms with van der Waals surface area (Å²) in [6, 6.07) is 9.64. The molecular formula is C15H17N3O2. The summed E-state index contributed by atoms with van der Waals surface area (Å²) >= 11 is 0. The van der Waals surface area contributed by atoms with Gasteiger partial charge in [0.15, 0.2) is 0 Å². The summed E-state index contributed by atoms with van der Waals surface area (Å²) < 4.78 is 5.01. The molecule has 104 valence electrons. The molecule has 0 radical (unpaired) electrons. The highest BCUT2D eigenvalue weighted by Gasteiger charge is 2.17. The maximum Gasteiger partial charge on any atom is 0.341 e. The Bertz CT molecular complexity index is 589. The molecule has 1 N–H and O–H groups in total. The first-order valence-electron chi connectivity index (χ1n) is 6.46. The van der Waals surface area contributed by atoms with Crippen LogP contribution in [-0.2, 0) is 4.74 Å². The molecule has 0 aliphatic carbocycles. The number of para-hydroxylation sites is 1. The van der Waals surface area contributed by atoms with Gasteiger partial charge in [0.25, 0.3) is 0 Å². The Kier molecular flexibility index (Phi) is 4.30. The second-order valence-electron chi connectivity index (χ2n) is 4.30. The Hall–Kier alpha value is -2.43. The van der Waals surface area contributed by atoms with Gasteiger partial charge >= 0.3 is 5.97 Å². The number of aryl methyl sites for hydroxylation is 2. The number of nitrogens with one attached hydrogen (secondary N) is 1. The van der Waals surface area contributed by atoms with Crippen molar-refractivity contribution in [2.45, 2.75) is 20.8 Å². The number of hydrogen-bond donors (Lipinski definition) is 1. The van der Waals surface area contributed by atoms with E-state index < -0.39 is 0 Å². The lowest BCUT2D eigenvalue weighted by atomic mass is 10.2. The van der Waals surface area contributed by atoms with Crippen LogP contribution in [0.1, 0.15) is 28.7 Å². The number of esters is 1. The zero-order valence-corrected chi connectivity index (χ0v) is 11.8. The van der Waals surface area contributed by atoms with Gasteiger partial charge < -0.3 is 10.1 Å². The number of nitrogens with zero attached hydrogens (tertiary/aromatic N) is 2. The molecule has 1 heterocycles. The molecule has 5 heteroatoms. The predicted octanol–water partition coefficient (Wildman–Crippen LogP) is 3.01. The van der Waals surface area contributed by atoms with E-state index in [1.165, 1.54) is 0 Å². The Morgan fingerprint density at radius 2 is 1.75 bits per heavy atom. The molecule has 0 amide bonds. The lowest BCUT2D eigenvalue weighted by Crippen LogP contribution is -2.13. The molecule has 1 aromatic heterocycles. The first kappa shape index (κ1) is 14.0. The van der Waals surface area contributed by atoms with Gasteiger partial charge in [-0.25, -0.2) is 14.8 Å². The summed E-state index contributed by atoms with van der Waals surface area (Å²) in [5, 5.41) is 3.11. The lowest BCUT2D eigenvalue weighted by molar-refractivity contribution is 0.0523. The van der Waals surface area contributed by atoms with Crippen molar-refractivity contribution in [1.82, 2.24) is 9.97 Å². The van der Waals surface area contributed by atoms with Gasteiger partial charge in [0.2, 0.25) is 5.95 Å². The molecule has 20 heavy (non-hydrogen) atoms. The zero-order valence-electron chi connectivity index (χ0n) is 11.8. The van der Waals surface area contributed by atoms with Crippen LogP contribution in [0.15, 0.2) is 30.3 Å². The first-order valence-corrected chi connectivity index (χ1v) is 6.46. The summed E-state index contributed by atoms with van der Waals surface area (Å²) in [5.74, 6) is 0.0907. The maximum atomic E-state index is 11.8. The standard InChI is InChI=1S/C15H17N3O2/c1-4-20-14(19)13-10(2)16-15(17-11(13)3)18-12-8-6-5-7-9-12/h5-9H,4H2,1-3H3,(H,16,17,18). The van der Waals surface area contributed by atoms with Crippen molar-refractivity contribution in [3.05, 3.63) is 47.3 Å². The fourth-order valence-corrected chi connectivity index (χ4v) is 1.92. The number of aromatic nitrogens is 2. The number of benzene rings is 1. The molecule has 5 nitrogen and oxygen atoms in total. The van der Waals surface area contributed by atoms with Gasteiger partial charge in [-0.3, -0.25) is 0 Å². The van der Waals surface area contributed by atoms with Gasteiger partial charge in [-0.15, -0.1) is 0 Å². The molecule has 0 aliphatic heterocycles. The van der Waals surface area contributed by atoms with Crippen LogP contribution in [0.3, 0.4) is 0 Å². The van der Waals surface area contributed by atoms with E-state index in [9.17, 15) is 4.79 Å². The van der Waals surface area contributed by atoms with Crippen molar-refractivity contribution < 1.29 is 9.53 Å². The topological polar surface area (TPSA) is 64.1 Å². The normalized spacial score (nSPS) is 10.2. The second-order valence-corrected chi connectivity index (χ2v) is 4.30. The molecule has 0 saturated carbocycles. The first-order chi connectivity index (χ1) is 9.61. The summed E-state index contributed by atoms with van der Waals surface area (Å²) in [4.78, 5) is 20.5. The molecule has 0 aliphatic rings. The van der Waals surface area contributed by atoms with Crippen LogP contribution in [0.25, 0.3) is 0 Å². The van der Waals surface area contributed by atoms with Gasteiger partial charge in [-0.2, -0.15) is 0 Å². The zero-order chi connectivity index (χ0) is 14.5. The van der Waals surface area contributed by atoms with E-state index >= 15 is 0 Å². The van der Waals surface area contributed by atoms with Crippen molar-refractivity contribution in [3.8, 4) is 0 Å². The molecular weight excluding hydrogens is 254 g/mol. The fraction of sp³-hybridized carbons (Fsp3) is 0.267. The molecule has 2 rings (SSSR count). The molecule has 2 aromatic rings. The van der Waals surface area contributed by atoms with Gasteiger partial charge in [-0.1, -0.05) is 18.2 Å². The molecule has 1 aromatic carbocycles. The molecule has 0 spiro atoms. The van der Waals surface area contributed by atoms with Crippen molar-refractivity contribution in [2.24, 2.45) is 0 Å². The summed E-state index contributed by atoms with van der Waals surface area (Å²) in [6.07, 6.45) is 0. The van der Waals surface area contributed by atoms with Crippen molar-refractivity contribution in [3.63, 3.8) is 0 Å². The van der Waals surface area contributed by atoms with E-state index in [2.05, 4.69) is 15.3 Å². The van der Waals surface area contributed by atoms with Crippen molar-refractivity contribution >= 4 is 17.6 Å². The monoisotopic (exact) mass is 271 g/mol. The van der Waals surface area contributed by atoms with E-state index in [4.69, 9.17) is 4.74 Å². The van der Waals surface area contributed by atoms with E-state index in [1.807, 2.05) is 30.3 Å². The number of carbonyl (C=O) groups is 1. The number of hydrogen-bond acceptors (Lipinski definition) is 5. The molecule has 0 unspecified atom stereocenters. The average Bonchev–Trinajstić information content (AvgIpc) is 2.39. The third kappa shape index (κ3) is 3.12. The van der Waals surface area contributed by atoms with E-state index in [1.54, 1.807) is 20.8 Å². The van der Waals surface area contributed by atoms with Gasteiger partial charge in [0.1, 0.15) is 5.56 Å². The van der Waals surface area contributed by atoms with Gasteiger partial charge in [0, 0.05) is 5.69 Å². The fourth-order valence-electron chi connectivity index (χ4n) is 1.92. The van der Waals surface area contributed by atoms with E-state index in [-0.39, 0.29) is 5.97 Å². The molecule has 0 bridgehead atoms. The van der Waals surface area contributed by atoms with E-state index in [0.717, 1.165) is 5.69 Å². The van der Waals surface area contributed by atoms with Crippen LogP contribution < -0.4 is 5.32 Å². The summed E-state index contributed by atoms with van der Waals surface area (Å²) in [7, 11) is 0. The Morgan fingerprint density at radius 3 is 2.30 bits per heavy atom. The van der Waals surface area contributed by atoms with Crippen LogP contribution in [0.4, 0.5) is 11.6 Å². The van der Waals surface area contributed by atoms with Crippen LogP contribution >= 0.6 is 0 Å². The van der Waals surface area contributed by atoms with Crippen LogP contribution in [0.5, 0.6) is 0 Å². The van der Waals surface area contributed by atoms with Gasteiger partial charge in [0.05, 0.1) is 18.0 Å². The van der Waals surface area contributed by atoms with Crippen LogP contribution in [0.2, 0.25) is 0 Å². The molecule has 0 atom stereocenters. The minimum atomic E-state index is -0.381. The molecule has 0 saturated heterocycles. The Balaban J connectivity index is 2.28. The van der Waals surface area contributed by atoms with Crippen LogP contribution in [0, 0.1) is 13.8 Å². The largest absolute Gasteiger partial charge is 0.462 e. The average molecular weight is 271 g/mol. The molecule has 0 fully saturated rings. The third-order valence-corrected chi connectivity index (χ3v) is 2.78. The van der Waals surface area contributed by atoms with Crippen molar-refractivity contribution in [1.29, 1.82) is 0 Å². The lowest BCUT2D eigenvalue weighted by Gasteiger charge is -2.11. The smallest absolute Gasteiger partial charge is 0.341 e. The summed E-state index contributed by atoms with van der Waals surface area (Å²) in [6.45, 7) is 5.66.